The third-order valence-corrected chi connectivity index (χ3v) is 15.8. The molecule has 10 rings (SSSR count). The molecule has 0 N–H and O–H groups in total. The Bertz CT molecular complexity index is 2390. The first-order chi connectivity index (χ1) is 23.7. The van der Waals surface area contributed by atoms with E-state index in [1.54, 1.807) is 0 Å². The number of rotatable bonds is 4. The van der Waals surface area contributed by atoms with Crippen LogP contribution in [0, 0.1) is 0 Å². The van der Waals surface area contributed by atoms with Crippen LogP contribution in [0.3, 0.4) is 0 Å². The van der Waals surface area contributed by atoms with E-state index in [-0.39, 0.29) is 51.0 Å². The molecule has 0 spiro atoms. The molecule has 0 aromatic heterocycles. The number of halogens is 2. The Hall–Kier alpha value is -4.17. The summed E-state index contributed by atoms with van der Waals surface area (Å²) < 4.78 is 0. The van der Waals surface area contributed by atoms with E-state index in [2.05, 4.69) is 190 Å². The molecule has 1 radical (unpaired) electrons. The van der Waals surface area contributed by atoms with Gasteiger partial charge in [-0.2, -0.15) is 17.5 Å². The molecule has 0 saturated heterocycles. The van der Waals surface area contributed by atoms with E-state index >= 15 is 0 Å². The Kier molecular flexibility index (Phi) is 10.6. The summed E-state index contributed by atoms with van der Waals surface area (Å²) in [5.41, 5.74) is 8.42. The predicted molar refractivity (Wildman–Crippen MR) is 210 cm³/mol. The van der Waals surface area contributed by atoms with Crippen LogP contribution in [0.2, 0.25) is 0 Å². The van der Waals surface area contributed by atoms with Gasteiger partial charge >= 0.3 is 26.2 Å². The second-order valence-electron chi connectivity index (χ2n) is 13.1. The van der Waals surface area contributed by atoms with Gasteiger partial charge in [0, 0.05) is 0 Å². The van der Waals surface area contributed by atoms with Crippen molar-refractivity contribution in [3.8, 4) is 0 Å². The Balaban J connectivity index is 0.000000326. The van der Waals surface area contributed by atoms with Crippen molar-refractivity contribution < 1.29 is 51.0 Å². The Morgan fingerprint density at radius 2 is 0.784 bits per heavy atom. The fourth-order valence-electron chi connectivity index (χ4n) is 8.68. The molecule has 51 heavy (non-hydrogen) atoms. The fourth-order valence-corrected chi connectivity index (χ4v) is 14.4. The minimum atomic E-state index is -2.79. The van der Waals surface area contributed by atoms with Crippen molar-refractivity contribution in [3.63, 3.8) is 0 Å². The van der Waals surface area contributed by atoms with Crippen LogP contribution in [0.1, 0.15) is 36.1 Å². The summed E-state index contributed by atoms with van der Waals surface area (Å²) in [7, 11) is -2.79. The van der Waals surface area contributed by atoms with Crippen molar-refractivity contribution in [3.05, 3.63) is 198 Å². The van der Waals surface area contributed by atoms with Crippen molar-refractivity contribution in [1.29, 1.82) is 0 Å². The van der Waals surface area contributed by atoms with Gasteiger partial charge in [0.05, 0.1) is 0 Å². The van der Waals surface area contributed by atoms with Gasteiger partial charge in [0.2, 0.25) is 0 Å². The van der Waals surface area contributed by atoms with Crippen molar-refractivity contribution in [2.75, 3.05) is 0 Å². The number of benzene rings is 7. The summed E-state index contributed by atoms with van der Waals surface area (Å²) in [6.07, 6.45) is 0. The molecule has 0 heterocycles. The van der Waals surface area contributed by atoms with Crippen LogP contribution < -0.4 is 35.2 Å². The zero-order chi connectivity index (χ0) is 32.2. The van der Waals surface area contributed by atoms with Crippen LogP contribution in [0.5, 0.6) is 0 Å². The molecule has 8 aromatic rings. The van der Waals surface area contributed by atoms with Gasteiger partial charge in [-0.05, 0) is 89.6 Å². The normalized spacial score (nSPS) is 12.7. The number of allylic oxidation sites excluding steroid dienone is 2. The maximum Gasteiger partial charge on any atom is 3.00 e. The van der Waals surface area contributed by atoms with E-state index in [0.29, 0.717) is 0 Å². The minimum Gasteiger partial charge on any atom is -1.00 e. The van der Waals surface area contributed by atoms with Gasteiger partial charge in [0.15, 0.2) is 8.07 Å². The van der Waals surface area contributed by atoms with E-state index in [4.69, 9.17) is 0 Å². The van der Waals surface area contributed by atoms with E-state index in [1.165, 1.54) is 86.5 Å². The Morgan fingerprint density at radius 3 is 1.24 bits per heavy atom. The van der Waals surface area contributed by atoms with Crippen LogP contribution in [-0.2, 0) is 26.2 Å². The predicted octanol–water partition coefficient (Wildman–Crippen LogP) is 5.09. The van der Waals surface area contributed by atoms with E-state index in [0.717, 1.165) is 0 Å². The third kappa shape index (κ3) is 5.65. The van der Waals surface area contributed by atoms with E-state index in [1.807, 2.05) is 0 Å². The first-order valence-corrected chi connectivity index (χ1v) is 18.9. The molecule has 8 aromatic carbocycles. The topological polar surface area (TPSA) is 0 Å². The summed E-state index contributed by atoms with van der Waals surface area (Å²) in [4.78, 5) is 0. The molecule has 0 atom stereocenters. The standard InChI is InChI=1S/C38H28Si.C9H7.2ClH.Zr/c1-25-31-21-9-13-27-15-11-23-33(35(27)31)37(25)39(29-17-5-3-6-18-29,30-19-7-4-8-20-30)38-26(2)32-22-10-14-28-16-12-24-34(38)36(28)32;1-2-5-9-7-3-6-8(9)4-1;;;/h3-24H,1-2H3;1-7H;2*1H;/q;-1;;;+3/p-2. The summed E-state index contributed by atoms with van der Waals surface area (Å²) >= 11 is 0. The number of hydrogen-bond acceptors (Lipinski definition) is 0. The van der Waals surface area contributed by atoms with Crippen LogP contribution in [0.15, 0.2) is 176 Å². The molecular weight excluding hydrogens is 755 g/mol. The molecule has 0 aliphatic heterocycles. The van der Waals surface area contributed by atoms with Gasteiger partial charge in [-0.3, -0.25) is 0 Å². The smallest absolute Gasteiger partial charge is 1.00 e. The van der Waals surface area contributed by atoms with Gasteiger partial charge in [0.25, 0.3) is 0 Å². The Morgan fingerprint density at radius 1 is 0.392 bits per heavy atom. The molecular formula is C47H35Cl2SiZr. The first kappa shape index (κ1) is 36.6. The summed E-state index contributed by atoms with van der Waals surface area (Å²) in [5, 5.41) is 14.1. The largest absolute Gasteiger partial charge is 3.00 e. The van der Waals surface area contributed by atoms with Crippen LogP contribution >= 0.6 is 0 Å². The quantitative estimate of drug-likeness (QED) is 0.173. The van der Waals surface area contributed by atoms with Crippen LogP contribution in [0.4, 0.5) is 0 Å². The second-order valence-corrected chi connectivity index (χ2v) is 16.7. The van der Waals surface area contributed by atoms with Crippen molar-refractivity contribution >= 4 is 72.3 Å². The zero-order valence-corrected chi connectivity index (χ0v) is 33.5. The third-order valence-electron chi connectivity index (χ3n) is 10.6. The molecule has 0 saturated carbocycles. The first-order valence-electron chi connectivity index (χ1n) is 16.9. The zero-order valence-electron chi connectivity index (χ0n) is 28.5. The monoisotopic (exact) mass is 787 g/mol. The second kappa shape index (κ2) is 14.8. The van der Waals surface area contributed by atoms with E-state index < -0.39 is 8.07 Å². The molecule has 0 amide bonds. The SMILES string of the molecule is CC1=C([Si](C2=C(C)c3cccc4cccc2c34)(c2ccccc2)c2ccccc2)c2cccc3cccc1c23.[Cl-].[Cl-].[Zr+3].c1ccc2[cH-]ccc2c1. The van der Waals surface area contributed by atoms with Crippen molar-refractivity contribution in [1.82, 2.24) is 0 Å². The number of hydrogen-bond donors (Lipinski definition) is 0. The van der Waals surface area contributed by atoms with Gasteiger partial charge in [-0.25, -0.2) is 0 Å². The minimum absolute atomic E-state index is 0. The molecule has 245 valence electrons. The molecule has 0 fully saturated rings. The molecule has 2 aliphatic carbocycles. The summed E-state index contributed by atoms with van der Waals surface area (Å²) in [5.74, 6) is 0. The average Bonchev–Trinajstić information content (AvgIpc) is 3.83. The fraction of sp³-hybridized carbons (Fsp3) is 0.0426. The van der Waals surface area contributed by atoms with Gasteiger partial charge in [0.1, 0.15) is 0 Å². The van der Waals surface area contributed by atoms with Gasteiger partial charge in [-0.15, -0.1) is 29.7 Å². The van der Waals surface area contributed by atoms with Crippen LogP contribution in [0.25, 0.3) is 53.9 Å². The Labute approximate surface area is 332 Å². The van der Waals surface area contributed by atoms with E-state index in [9.17, 15) is 0 Å². The van der Waals surface area contributed by atoms with Crippen LogP contribution in [-0.4, -0.2) is 8.07 Å². The summed E-state index contributed by atoms with van der Waals surface area (Å²) in [6, 6.07) is 64.9. The van der Waals surface area contributed by atoms with Crippen molar-refractivity contribution in [2.45, 2.75) is 13.8 Å². The molecule has 2 aliphatic rings. The summed E-state index contributed by atoms with van der Waals surface area (Å²) in [6.45, 7) is 4.74. The van der Waals surface area contributed by atoms with Gasteiger partial charge < -0.3 is 24.8 Å². The average molecular weight is 790 g/mol. The maximum atomic E-state index is 2.39. The molecule has 4 heteroatoms. The molecule has 0 nitrogen and oxygen atoms in total. The molecule has 0 bridgehead atoms. The maximum absolute atomic E-state index is 2.79. The number of fused-ring (bicyclic) bond motifs is 1. The van der Waals surface area contributed by atoms with Gasteiger partial charge in [-0.1, -0.05) is 140 Å². The van der Waals surface area contributed by atoms with Crippen molar-refractivity contribution in [2.24, 2.45) is 0 Å². The molecule has 0 unspecified atom stereocenters.